The van der Waals surface area contributed by atoms with E-state index in [1.807, 2.05) is 0 Å². The number of para-hydroxylation sites is 1. The molecule has 1 rings (SSSR count). The molecule has 0 saturated heterocycles. The van der Waals surface area contributed by atoms with Crippen LogP contribution in [-0.2, 0) is 10.2 Å². The molecule has 0 unspecified atom stereocenters. The number of nitrogens with two attached hydrogens (primary N) is 1. The molecule has 0 aliphatic rings. The molecule has 0 fully saturated rings. The molecule has 6 heteroatoms. The van der Waals surface area contributed by atoms with Crippen LogP contribution in [0.4, 0.5) is 5.69 Å². The van der Waals surface area contributed by atoms with Crippen LogP contribution in [0.5, 0.6) is 0 Å². The van der Waals surface area contributed by atoms with E-state index in [9.17, 15) is 8.42 Å². The van der Waals surface area contributed by atoms with Crippen LogP contribution < -0.4 is 15.4 Å². The van der Waals surface area contributed by atoms with Crippen LogP contribution in [0.15, 0.2) is 30.3 Å². The minimum absolute atomic E-state index is 0.468. The monoisotopic (exact) mass is 187 g/mol. The van der Waals surface area contributed by atoms with Crippen LogP contribution in [-0.4, -0.2) is 8.42 Å². The van der Waals surface area contributed by atoms with Gasteiger partial charge in [0.1, 0.15) is 0 Å². The third-order valence-electron chi connectivity index (χ3n) is 1.18. The normalized spacial score (nSPS) is 11.1. The highest BCUT2D eigenvalue weighted by molar-refractivity contribution is 7.90. The topological polar surface area (TPSA) is 84.2 Å². The first-order chi connectivity index (χ1) is 5.64. The molecule has 0 spiro atoms. The van der Waals surface area contributed by atoms with Gasteiger partial charge in [0.15, 0.2) is 0 Å². The van der Waals surface area contributed by atoms with Gasteiger partial charge in [-0.1, -0.05) is 18.2 Å². The zero-order valence-electron chi connectivity index (χ0n) is 6.19. The average molecular weight is 187 g/mol. The van der Waals surface area contributed by atoms with Crippen LogP contribution >= 0.6 is 0 Å². The van der Waals surface area contributed by atoms with Crippen LogP contribution in [0.25, 0.3) is 0 Å². The minimum atomic E-state index is -3.59. The lowest BCUT2D eigenvalue weighted by Crippen LogP contribution is -2.35. The molecule has 4 N–H and O–H groups in total. The fraction of sp³-hybridized carbons (Fsp3) is 0. The molecule has 5 nitrogen and oxygen atoms in total. The van der Waals surface area contributed by atoms with E-state index in [1.165, 1.54) is 0 Å². The van der Waals surface area contributed by atoms with E-state index in [4.69, 9.17) is 5.84 Å². The van der Waals surface area contributed by atoms with E-state index >= 15 is 0 Å². The first-order valence-corrected chi connectivity index (χ1v) is 4.67. The summed E-state index contributed by atoms with van der Waals surface area (Å²) in [6.07, 6.45) is 0. The fourth-order valence-corrected chi connectivity index (χ4v) is 1.20. The number of hydrazine groups is 1. The van der Waals surface area contributed by atoms with E-state index in [1.54, 1.807) is 35.2 Å². The van der Waals surface area contributed by atoms with Gasteiger partial charge in [-0.15, -0.1) is 4.83 Å². The summed E-state index contributed by atoms with van der Waals surface area (Å²) in [6, 6.07) is 8.46. The van der Waals surface area contributed by atoms with E-state index in [2.05, 4.69) is 4.72 Å². The maximum absolute atomic E-state index is 10.8. The molecule has 0 saturated carbocycles. The molecule has 66 valence electrons. The highest BCUT2D eigenvalue weighted by Crippen LogP contribution is 2.05. The molecule has 0 heterocycles. The van der Waals surface area contributed by atoms with Crippen molar-refractivity contribution >= 4 is 15.9 Å². The Morgan fingerprint density at radius 2 is 1.75 bits per heavy atom. The molecule has 1 aromatic rings. The third-order valence-corrected chi connectivity index (χ3v) is 2.00. The van der Waals surface area contributed by atoms with E-state index < -0.39 is 10.2 Å². The summed E-state index contributed by atoms with van der Waals surface area (Å²) in [5, 5.41) is 0. The molecule has 0 amide bonds. The lowest BCUT2D eigenvalue weighted by molar-refractivity contribution is 0.589. The number of benzene rings is 1. The molecule has 0 radical (unpaired) electrons. The van der Waals surface area contributed by atoms with Gasteiger partial charge in [0.25, 0.3) is 0 Å². The summed E-state index contributed by atoms with van der Waals surface area (Å²) in [4.78, 5) is 1.65. The van der Waals surface area contributed by atoms with Gasteiger partial charge in [0.05, 0.1) is 0 Å². The predicted octanol–water partition coefficient (Wildman–Crippen LogP) is -0.193. The first kappa shape index (κ1) is 8.98. The number of rotatable bonds is 3. The summed E-state index contributed by atoms with van der Waals surface area (Å²) >= 11 is 0. The number of nitrogens with one attached hydrogen (secondary N) is 2. The second kappa shape index (κ2) is 3.53. The van der Waals surface area contributed by atoms with Crippen molar-refractivity contribution < 1.29 is 8.42 Å². The Kier molecular flexibility index (Phi) is 2.64. The van der Waals surface area contributed by atoms with Crippen molar-refractivity contribution in [3.05, 3.63) is 30.3 Å². The third kappa shape index (κ3) is 2.50. The lowest BCUT2D eigenvalue weighted by atomic mass is 10.3. The molecular weight excluding hydrogens is 178 g/mol. The van der Waals surface area contributed by atoms with Crippen LogP contribution in [0.2, 0.25) is 0 Å². The Bertz CT molecular complexity index is 335. The van der Waals surface area contributed by atoms with Crippen molar-refractivity contribution in [3.8, 4) is 0 Å². The fourth-order valence-electron chi connectivity index (χ4n) is 0.691. The van der Waals surface area contributed by atoms with Crippen molar-refractivity contribution in [2.75, 3.05) is 4.72 Å². The van der Waals surface area contributed by atoms with Crippen molar-refractivity contribution in [3.63, 3.8) is 0 Å². The van der Waals surface area contributed by atoms with E-state index in [0.29, 0.717) is 5.69 Å². The smallest absolute Gasteiger partial charge is 0.270 e. The van der Waals surface area contributed by atoms with Gasteiger partial charge >= 0.3 is 10.2 Å². The highest BCUT2D eigenvalue weighted by Gasteiger charge is 2.04. The highest BCUT2D eigenvalue weighted by atomic mass is 32.2. The van der Waals surface area contributed by atoms with Gasteiger partial charge < -0.3 is 0 Å². The maximum Gasteiger partial charge on any atom is 0.311 e. The average Bonchev–Trinajstić information content (AvgIpc) is 2.06. The molecule has 0 aliphatic heterocycles. The second-order valence-electron chi connectivity index (χ2n) is 2.09. The van der Waals surface area contributed by atoms with Crippen LogP contribution in [0.1, 0.15) is 0 Å². The number of hydrogen-bond donors (Lipinski definition) is 3. The summed E-state index contributed by atoms with van der Waals surface area (Å²) in [5.74, 6) is 4.75. The Balaban J connectivity index is 2.78. The first-order valence-electron chi connectivity index (χ1n) is 3.19. The summed E-state index contributed by atoms with van der Waals surface area (Å²) < 4.78 is 23.8. The Labute approximate surface area is 70.7 Å². The van der Waals surface area contributed by atoms with Gasteiger partial charge in [-0.2, -0.15) is 8.42 Å². The number of hydrogen-bond acceptors (Lipinski definition) is 3. The molecule has 0 aliphatic carbocycles. The Hall–Kier alpha value is -1.11. The van der Waals surface area contributed by atoms with Gasteiger partial charge in [-0.05, 0) is 12.1 Å². The summed E-state index contributed by atoms with van der Waals surface area (Å²) in [5.41, 5.74) is 0.468. The molecule has 12 heavy (non-hydrogen) atoms. The predicted molar refractivity (Wildman–Crippen MR) is 46.3 cm³/mol. The van der Waals surface area contributed by atoms with Crippen LogP contribution in [0.3, 0.4) is 0 Å². The summed E-state index contributed by atoms with van der Waals surface area (Å²) in [6.45, 7) is 0. The quantitative estimate of drug-likeness (QED) is 0.453. The molecule has 1 aromatic carbocycles. The van der Waals surface area contributed by atoms with Gasteiger partial charge in [-0.3, -0.25) is 10.6 Å². The second-order valence-corrected chi connectivity index (χ2v) is 3.54. The SMILES string of the molecule is NNS(=O)(=O)Nc1ccccc1. The molecule has 0 atom stereocenters. The van der Waals surface area contributed by atoms with Crippen molar-refractivity contribution in [2.24, 2.45) is 5.84 Å². The Morgan fingerprint density at radius 1 is 1.17 bits per heavy atom. The zero-order valence-corrected chi connectivity index (χ0v) is 7.01. The van der Waals surface area contributed by atoms with E-state index in [-0.39, 0.29) is 0 Å². The summed E-state index contributed by atoms with van der Waals surface area (Å²) in [7, 11) is -3.59. The lowest BCUT2D eigenvalue weighted by Gasteiger charge is -2.04. The van der Waals surface area contributed by atoms with Crippen molar-refractivity contribution in [2.45, 2.75) is 0 Å². The maximum atomic E-state index is 10.8. The minimum Gasteiger partial charge on any atom is -0.270 e. The van der Waals surface area contributed by atoms with Crippen molar-refractivity contribution in [1.82, 2.24) is 4.83 Å². The largest absolute Gasteiger partial charge is 0.311 e. The Morgan fingerprint density at radius 3 is 2.25 bits per heavy atom. The molecule has 0 bridgehead atoms. The van der Waals surface area contributed by atoms with E-state index in [0.717, 1.165) is 0 Å². The van der Waals surface area contributed by atoms with Crippen LogP contribution in [0, 0.1) is 0 Å². The molecular formula is C6H9N3O2S. The number of anilines is 1. The zero-order chi connectivity index (χ0) is 9.03. The standard InChI is InChI=1S/C6H9N3O2S/c7-9-12(10,11)8-6-4-2-1-3-5-6/h1-5,8-9H,7H2. The van der Waals surface area contributed by atoms with Gasteiger partial charge in [0, 0.05) is 5.69 Å². The van der Waals surface area contributed by atoms with Crippen molar-refractivity contribution in [1.29, 1.82) is 0 Å². The van der Waals surface area contributed by atoms with Gasteiger partial charge in [0.2, 0.25) is 0 Å². The van der Waals surface area contributed by atoms with Gasteiger partial charge in [-0.25, -0.2) is 0 Å². The molecule has 0 aromatic heterocycles.